The van der Waals surface area contributed by atoms with E-state index < -0.39 is 11.8 Å². The largest absolute Gasteiger partial charge is 0.366 e. The summed E-state index contributed by atoms with van der Waals surface area (Å²) in [6.07, 6.45) is 0. The number of para-hydroxylation sites is 2. The van der Waals surface area contributed by atoms with Gasteiger partial charge in [0, 0.05) is 26.2 Å². The second kappa shape index (κ2) is 7.53. The molecule has 0 unspecified atom stereocenters. The Morgan fingerprint density at radius 1 is 0.960 bits per heavy atom. The second-order valence-electron chi connectivity index (χ2n) is 5.66. The minimum absolute atomic E-state index is 0.293. The van der Waals surface area contributed by atoms with Crippen LogP contribution >= 0.6 is 11.6 Å². The summed E-state index contributed by atoms with van der Waals surface area (Å²) in [7, 11) is 0. The molecule has 1 saturated heterocycles. The van der Waals surface area contributed by atoms with Crippen LogP contribution in [0.5, 0.6) is 0 Å². The molecule has 2 amide bonds. The highest BCUT2D eigenvalue weighted by Gasteiger charge is 2.27. The van der Waals surface area contributed by atoms with Gasteiger partial charge in [-0.1, -0.05) is 35.9 Å². The summed E-state index contributed by atoms with van der Waals surface area (Å²) in [6, 6.07) is 13.2. The fourth-order valence-electron chi connectivity index (χ4n) is 2.74. The third kappa shape index (κ3) is 3.91. The molecule has 3 rings (SSSR count). The average molecular weight is 362 g/mol. The maximum Gasteiger partial charge on any atom is 0.313 e. The molecule has 1 aliphatic rings. The lowest BCUT2D eigenvalue weighted by Gasteiger charge is -2.35. The zero-order valence-electron chi connectivity index (χ0n) is 13.4. The number of hydrogen-bond acceptors (Lipinski definition) is 3. The molecule has 0 aromatic heterocycles. The minimum Gasteiger partial charge on any atom is -0.366 e. The van der Waals surface area contributed by atoms with Gasteiger partial charge < -0.3 is 15.1 Å². The Labute approximate surface area is 150 Å². The fourth-order valence-corrected chi connectivity index (χ4v) is 2.92. The smallest absolute Gasteiger partial charge is 0.313 e. The maximum absolute atomic E-state index is 13.8. The summed E-state index contributed by atoms with van der Waals surface area (Å²) < 4.78 is 13.8. The van der Waals surface area contributed by atoms with Crippen molar-refractivity contribution in [1.29, 1.82) is 0 Å². The molecule has 7 heteroatoms. The molecule has 0 bridgehead atoms. The van der Waals surface area contributed by atoms with Gasteiger partial charge in [0.1, 0.15) is 5.82 Å². The van der Waals surface area contributed by atoms with Gasteiger partial charge in [-0.2, -0.15) is 0 Å². The maximum atomic E-state index is 13.8. The molecule has 1 heterocycles. The Balaban J connectivity index is 1.59. The van der Waals surface area contributed by atoms with Gasteiger partial charge in [-0.15, -0.1) is 0 Å². The van der Waals surface area contributed by atoms with Crippen molar-refractivity contribution in [2.24, 2.45) is 0 Å². The lowest BCUT2D eigenvalue weighted by atomic mass is 10.2. The predicted octanol–water partition coefficient (Wildman–Crippen LogP) is 2.77. The summed E-state index contributed by atoms with van der Waals surface area (Å²) in [5.74, 6) is -1.64. The number of piperazine rings is 1. The lowest BCUT2D eigenvalue weighted by Crippen LogP contribution is -2.51. The van der Waals surface area contributed by atoms with Crippen LogP contribution < -0.4 is 10.2 Å². The fraction of sp³-hybridized carbons (Fsp3) is 0.222. The number of rotatable bonds is 2. The van der Waals surface area contributed by atoms with Crippen molar-refractivity contribution in [3.05, 3.63) is 59.4 Å². The highest BCUT2D eigenvalue weighted by molar-refractivity contribution is 6.41. The standard InChI is InChI=1S/C18H17ClFN3O2/c19-13-5-1-3-7-15(13)21-17(24)18(25)23-11-9-22(10-12-23)16-8-4-2-6-14(16)20/h1-8H,9-12H2,(H,21,24). The predicted molar refractivity (Wildman–Crippen MR) is 95.3 cm³/mol. The van der Waals surface area contributed by atoms with Gasteiger partial charge in [0.25, 0.3) is 0 Å². The van der Waals surface area contributed by atoms with E-state index in [1.165, 1.54) is 11.0 Å². The van der Waals surface area contributed by atoms with Crippen molar-refractivity contribution in [1.82, 2.24) is 4.90 Å². The van der Waals surface area contributed by atoms with E-state index in [-0.39, 0.29) is 5.82 Å². The number of nitrogens with one attached hydrogen (secondary N) is 1. The Hall–Kier alpha value is -2.60. The molecule has 0 radical (unpaired) electrons. The minimum atomic E-state index is -0.729. The van der Waals surface area contributed by atoms with Crippen LogP contribution in [0.1, 0.15) is 0 Å². The Kier molecular flexibility index (Phi) is 5.19. The Bertz CT molecular complexity index is 791. The molecule has 0 spiro atoms. The zero-order chi connectivity index (χ0) is 17.8. The van der Waals surface area contributed by atoms with Crippen molar-refractivity contribution in [2.45, 2.75) is 0 Å². The summed E-state index contributed by atoms with van der Waals surface area (Å²) >= 11 is 5.98. The quantitative estimate of drug-likeness (QED) is 0.837. The first-order chi connectivity index (χ1) is 12.1. The average Bonchev–Trinajstić information content (AvgIpc) is 2.63. The second-order valence-corrected chi connectivity index (χ2v) is 6.07. The normalized spacial score (nSPS) is 14.3. The van der Waals surface area contributed by atoms with Crippen molar-refractivity contribution >= 4 is 34.8 Å². The Morgan fingerprint density at radius 3 is 2.28 bits per heavy atom. The first-order valence-corrected chi connectivity index (χ1v) is 8.28. The molecule has 0 saturated carbocycles. The summed E-state index contributed by atoms with van der Waals surface area (Å²) in [5.41, 5.74) is 0.905. The number of carbonyl (C=O) groups is 2. The lowest BCUT2D eigenvalue weighted by molar-refractivity contribution is -0.143. The van der Waals surface area contributed by atoms with E-state index in [4.69, 9.17) is 11.6 Å². The van der Waals surface area contributed by atoms with Crippen LogP contribution in [0.25, 0.3) is 0 Å². The van der Waals surface area contributed by atoms with Crippen molar-refractivity contribution < 1.29 is 14.0 Å². The number of hydrogen-bond donors (Lipinski definition) is 1. The van der Waals surface area contributed by atoms with Crippen LogP contribution in [-0.4, -0.2) is 42.9 Å². The van der Waals surface area contributed by atoms with E-state index in [0.29, 0.717) is 42.6 Å². The molecule has 1 fully saturated rings. The number of carbonyl (C=O) groups excluding carboxylic acids is 2. The van der Waals surface area contributed by atoms with Gasteiger partial charge in [-0.25, -0.2) is 4.39 Å². The molecular weight excluding hydrogens is 345 g/mol. The summed E-state index contributed by atoms with van der Waals surface area (Å²) in [6.45, 7) is 1.63. The number of nitrogens with zero attached hydrogens (tertiary/aromatic N) is 2. The molecule has 130 valence electrons. The molecule has 1 N–H and O–H groups in total. The first kappa shape index (κ1) is 17.2. The van der Waals surface area contributed by atoms with Crippen LogP contribution in [0.4, 0.5) is 15.8 Å². The highest BCUT2D eigenvalue weighted by Crippen LogP contribution is 2.22. The van der Waals surface area contributed by atoms with E-state index in [1.807, 2.05) is 4.90 Å². The van der Waals surface area contributed by atoms with Crippen molar-refractivity contribution in [3.63, 3.8) is 0 Å². The molecule has 5 nitrogen and oxygen atoms in total. The van der Waals surface area contributed by atoms with Gasteiger partial charge in [0.05, 0.1) is 16.4 Å². The van der Waals surface area contributed by atoms with Crippen LogP contribution in [0.3, 0.4) is 0 Å². The van der Waals surface area contributed by atoms with E-state index >= 15 is 0 Å². The molecule has 0 atom stereocenters. The topological polar surface area (TPSA) is 52.7 Å². The third-order valence-electron chi connectivity index (χ3n) is 4.08. The summed E-state index contributed by atoms with van der Waals surface area (Å²) in [5, 5.41) is 2.89. The van der Waals surface area contributed by atoms with E-state index in [1.54, 1.807) is 42.5 Å². The van der Waals surface area contributed by atoms with Gasteiger partial charge >= 0.3 is 11.8 Å². The van der Waals surface area contributed by atoms with E-state index in [0.717, 1.165) is 0 Å². The van der Waals surface area contributed by atoms with Gasteiger partial charge in [-0.05, 0) is 24.3 Å². The third-order valence-corrected chi connectivity index (χ3v) is 4.41. The molecule has 25 heavy (non-hydrogen) atoms. The van der Waals surface area contributed by atoms with Crippen LogP contribution in [0.2, 0.25) is 5.02 Å². The van der Waals surface area contributed by atoms with Crippen LogP contribution in [0, 0.1) is 5.82 Å². The molecule has 1 aliphatic heterocycles. The number of anilines is 2. The summed E-state index contributed by atoms with van der Waals surface area (Å²) in [4.78, 5) is 27.8. The number of halogens is 2. The molecule has 0 aliphatic carbocycles. The van der Waals surface area contributed by atoms with E-state index in [9.17, 15) is 14.0 Å². The number of amides is 2. The Morgan fingerprint density at radius 2 is 1.60 bits per heavy atom. The van der Waals surface area contributed by atoms with Crippen molar-refractivity contribution in [3.8, 4) is 0 Å². The SMILES string of the molecule is O=C(Nc1ccccc1Cl)C(=O)N1CCN(c2ccccc2F)CC1. The first-order valence-electron chi connectivity index (χ1n) is 7.90. The number of benzene rings is 2. The zero-order valence-corrected chi connectivity index (χ0v) is 14.2. The van der Waals surface area contributed by atoms with Gasteiger partial charge in [-0.3, -0.25) is 9.59 Å². The molecule has 2 aromatic carbocycles. The van der Waals surface area contributed by atoms with Crippen LogP contribution in [0.15, 0.2) is 48.5 Å². The van der Waals surface area contributed by atoms with Crippen LogP contribution in [-0.2, 0) is 9.59 Å². The molecule has 2 aromatic rings. The monoisotopic (exact) mass is 361 g/mol. The van der Waals surface area contributed by atoms with Crippen molar-refractivity contribution in [2.75, 3.05) is 36.4 Å². The highest BCUT2D eigenvalue weighted by atomic mass is 35.5. The van der Waals surface area contributed by atoms with Gasteiger partial charge in [0.2, 0.25) is 0 Å². The molecular formula is C18H17ClFN3O2. The van der Waals surface area contributed by atoms with E-state index in [2.05, 4.69) is 5.32 Å². The van der Waals surface area contributed by atoms with Gasteiger partial charge in [0.15, 0.2) is 0 Å².